The molecule has 3 heterocycles. The fraction of sp³-hybridized carbons (Fsp3) is 0. The molecule has 0 N–H and O–H groups in total. The van der Waals surface area contributed by atoms with Gasteiger partial charge < -0.3 is 4.90 Å². The Bertz CT molecular complexity index is 3160. The Morgan fingerprint density at radius 2 is 0.887 bits per heavy atom. The number of hydrogen-bond donors (Lipinski definition) is 0. The largest absolute Gasteiger partial charge is 0.310 e. The summed E-state index contributed by atoms with van der Waals surface area (Å²) in [6.45, 7) is 0. The van der Waals surface area contributed by atoms with Gasteiger partial charge in [-0.1, -0.05) is 127 Å². The number of rotatable bonds is 5. The van der Waals surface area contributed by atoms with E-state index in [0.29, 0.717) is 0 Å². The minimum absolute atomic E-state index is 1.01. The van der Waals surface area contributed by atoms with Gasteiger partial charge in [-0.2, -0.15) is 0 Å². The van der Waals surface area contributed by atoms with Crippen LogP contribution in [0.15, 0.2) is 182 Å². The fourth-order valence-electron chi connectivity index (χ4n) is 7.94. The van der Waals surface area contributed by atoms with Gasteiger partial charge >= 0.3 is 0 Å². The van der Waals surface area contributed by atoms with Crippen molar-refractivity contribution in [2.24, 2.45) is 0 Å². The maximum atomic E-state index is 5.31. The van der Waals surface area contributed by atoms with E-state index in [2.05, 4.69) is 187 Å². The van der Waals surface area contributed by atoms with Crippen molar-refractivity contribution in [2.45, 2.75) is 0 Å². The topological polar surface area (TPSA) is 16.1 Å². The molecule has 11 aromatic rings. The Labute approximate surface area is 314 Å². The number of thiophene rings is 2. The maximum Gasteiger partial charge on any atom is 0.0788 e. The standard InChI is InChI=1S/C49H30N2S2/c1-2-10-31(11-3-1)32-18-22-34(23-19-32)51(36-26-27-39-37-12-5-8-16-44(37)52-46(39)30-36)35-24-20-33(21-25-35)48-42-29-28-40-38-13-6-9-17-45(38)53-49(40)47(42)41-14-4-7-15-43(41)50-48/h1-30H. The number of hydrogen-bond acceptors (Lipinski definition) is 4. The molecular formula is C49H30N2S2. The number of anilines is 3. The first-order chi connectivity index (χ1) is 26.3. The van der Waals surface area contributed by atoms with Crippen molar-refractivity contribution in [3.8, 4) is 22.4 Å². The third-order valence-corrected chi connectivity index (χ3v) is 12.8. The second-order valence-electron chi connectivity index (χ2n) is 13.5. The SMILES string of the molecule is c1ccc(-c2ccc(N(c3ccc(-c4nc5ccccc5c5c4ccc4c6ccccc6sc45)cc3)c3ccc4c(c3)sc3ccccc34)cc2)cc1. The van der Waals surface area contributed by atoms with Crippen LogP contribution in [-0.2, 0) is 0 Å². The zero-order valence-electron chi connectivity index (χ0n) is 28.5. The van der Waals surface area contributed by atoms with Crippen LogP contribution in [0.3, 0.4) is 0 Å². The van der Waals surface area contributed by atoms with E-state index in [0.717, 1.165) is 33.8 Å². The molecule has 11 rings (SSSR count). The number of para-hydroxylation sites is 1. The average molecular weight is 711 g/mol. The maximum absolute atomic E-state index is 5.31. The van der Waals surface area contributed by atoms with Gasteiger partial charge in [-0.05, 0) is 65.7 Å². The minimum atomic E-state index is 1.01. The number of nitrogens with zero attached hydrogens (tertiary/aromatic N) is 2. The average Bonchev–Trinajstić information content (AvgIpc) is 3.80. The summed E-state index contributed by atoms with van der Waals surface area (Å²) in [5.41, 5.74) is 8.88. The van der Waals surface area contributed by atoms with Crippen LogP contribution in [0.25, 0.3) is 84.4 Å². The molecule has 0 saturated heterocycles. The predicted molar refractivity (Wildman–Crippen MR) is 231 cm³/mol. The smallest absolute Gasteiger partial charge is 0.0788 e. The van der Waals surface area contributed by atoms with Gasteiger partial charge in [0.25, 0.3) is 0 Å². The van der Waals surface area contributed by atoms with E-state index >= 15 is 0 Å². The molecule has 0 aliphatic carbocycles. The number of benzene rings is 8. The van der Waals surface area contributed by atoms with E-state index in [4.69, 9.17) is 4.98 Å². The normalized spacial score (nSPS) is 11.8. The molecule has 0 radical (unpaired) electrons. The van der Waals surface area contributed by atoms with Gasteiger partial charge in [0.1, 0.15) is 0 Å². The fourth-order valence-corrected chi connectivity index (χ4v) is 10.3. The Kier molecular flexibility index (Phi) is 6.94. The van der Waals surface area contributed by atoms with Crippen LogP contribution in [0.4, 0.5) is 17.1 Å². The van der Waals surface area contributed by atoms with Crippen LogP contribution in [0.5, 0.6) is 0 Å². The highest BCUT2D eigenvalue weighted by molar-refractivity contribution is 7.27. The Morgan fingerprint density at radius 3 is 1.64 bits per heavy atom. The van der Waals surface area contributed by atoms with Gasteiger partial charge in [0.15, 0.2) is 0 Å². The lowest BCUT2D eigenvalue weighted by atomic mass is 9.98. The Balaban J connectivity index is 1.07. The lowest BCUT2D eigenvalue weighted by Crippen LogP contribution is -2.09. The molecule has 0 aliphatic rings. The van der Waals surface area contributed by atoms with E-state index in [1.54, 1.807) is 0 Å². The second-order valence-corrected chi connectivity index (χ2v) is 15.7. The Hall–Kier alpha value is -6.33. The highest BCUT2D eigenvalue weighted by Crippen LogP contribution is 2.45. The third-order valence-electron chi connectivity index (χ3n) is 10.5. The molecule has 0 bridgehead atoms. The summed E-state index contributed by atoms with van der Waals surface area (Å²) in [6, 6.07) is 65.9. The summed E-state index contributed by atoms with van der Waals surface area (Å²) < 4.78 is 5.23. The zero-order chi connectivity index (χ0) is 34.9. The van der Waals surface area contributed by atoms with Gasteiger partial charge in [-0.3, -0.25) is 0 Å². The molecule has 248 valence electrons. The van der Waals surface area contributed by atoms with Crippen LogP contribution in [0.2, 0.25) is 0 Å². The van der Waals surface area contributed by atoms with E-state index in [-0.39, 0.29) is 0 Å². The first kappa shape index (κ1) is 30.3. The van der Waals surface area contributed by atoms with Crippen LogP contribution < -0.4 is 4.90 Å². The van der Waals surface area contributed by atoms with Crippen molar-refractivity contribution >= 4 is 102 Å². The number of aromatic nitrogens is 1. The quantitative estimate of drug-likeness (QED) is 0.165. The summed E-state index contributed by atoms with van der Waals surface area (Å²) in [5, 5.41) is 8.88. The molecule has 8 aromatic carbocycles. The van der Waals surface area contributed by atoms with Crippen molar-refractivity contribution in [2.75, 3.05) is 4.90 Å². The van der Waals surface area contributed by atoms with Crippen LogP contribution in [-0.4, -0.2) is 4.98 Å². The first-order valence-electron chi connectivity index (χ1n) is 17.9. The minimum Gasteiger partial charge on any atom is -0.310 e. The summed E-state index contributed by atoms with van der Waals surface area (Å²) in [4.78, 5) is 7.68. The molecule has 0 amide bonds. The van der Waals surface area contributed by atoms with Crippen LogP contribution in [0.1, 0.15) is 0 Å². The number of pyridine rings is 1. The van der Waals surface area contributed by atoms with E-state index in [9.17, 15) is 0 Å². The molecule has 0 spiro atoms. The first-order valence-corrected chi connectivity index (χ1v) is 19.5. The lowest BCUT2D eigenvalue weighted by molar-refractivity contribution is 1.29. The monoisotopic (exact) mass is 710 g/mol. The van der Waals surface area contributed by atoms with Crippen molar-refractivity contribution < 1.29 is 0 Å². The van der Waals surface area contributed by atoms with E-state index in [1.165, 1.54) is 67.6 Å². The predicted octanol–water partition coefficient (Wildman–Crippen LogP) is 14.9. The molecule has 0 unspecified atom stereocenters. The van der Waals surface area contributed by atoms with Gasteiger partial charge in [0, 0.05) is 79.1 Å². The van der Waals surface area contributed by atoms with Gasteiger partial charge in [0.05, 0.1) is 11.2 Å². The van der Waals surface area contributed by atoms with E-state index in [1.807, 2.05) is 22.7 Å². The molecule has 0 fully saturated rings. The van der Waals surface area contributed by atoms with Crippen molar-refractivity contribution in [1.29, 1.82) is 0 Å². The molecule has 4 heteroatoms. The second kappa shape index (κ2) is 12.1. The molecular weight excluding hydrogens is 681 g/mol. The molecule has 0 atom stereocenters. The lowest BCUT2D eigenvalue weighted by Gasteiger charge is -2.26. The van der Waals surface area contributed by atoms with Crippen molar-refractivity contribution in [1.82, 2.24) is 4.98 Å². The summed E-state index contributed by atoms with van der Waals surface area (Å²) in [6.07, 6.45) is 0. The molecule has 0 saturated carbocycles. The summed E-state index contributed by atoms with van der Waals surface area (Å²) in [7, 11) is 0. The van der Waals surface area contributed by atoms with Gasteiger partial charge in [-0.15, -0.1) is 22.7 Å². The summed E-state index contributed by atoms with van der Waals surface area (Å²) >= 11 is 3.73. The molecule has 3 aromatic heterocycles. The highest BCUT2D eigenvalue weighted by Gasteiger charge is 2.18. The molecule has 2 nitrogen and oxygen atoms in total. The Morgan fingerprint density at radius 1 is 0.358 bits per heavy atom. The third kappa shape index (κ3) is 4.95. The van der Waals surface area contributed by atoms with Gasteiger partial charge in [0.2, 0.25) is 0 Å². The van der Waals surface area contributed by atoms with Crippen LogP contribution >= 0.6 is 22.7 Å². The molecule has 0 aliphatic heterocycles. The zero-order valence-corrected chi connectivity index (χ0v) is 30.2. The van der Waals surface area contributed by atoms with Gasteiger partial charge in [-0.25, -0.2) is 4.98 Å². The van der Waals surface area contributed by atoms with Crippen molar-refractivity contribution in [3.63, 3.8) is 0 Å². The van der Waals surface area contributed by atoms with E-state index < -0.39 is 0 Å². The molecule has 53 heavy (non-hydrogen) atoms. The summed E-state index contributed by atoms with van der Waals surface area (Å²) in [5.74, 6) is 0. The highest BCUT2D eigenvalue weighted by atomic mass is 32.1. The van der Waals surface area contributed by atoms with Crippen LogP contribution in [0, 0.1) is 0 Å². The van der Waals surface area contributed by atoms with Crippen molar-refractivity contribution in [3.05, 3.63) is 182 Å². The number of fused-ring (bicyclic) bond motifs is 10.